The molecule has 0 unspecified atom stereocenters. The van der Waals surface area contributed by atoms with E-state index in [1.54, 1.807) is 0 Å². The van der Waals surface area contributed by atoms with Crippen molar-refractivity contribution < 1.29 is 5.11 Å². The van der Waals surface area contributed by atoms with E-state index in [1.807, 2.05) is 31.5 Å². The summed E-state index contributed by atoms with van der Waals surface area (Å²) in [6.45, 7) is 3.28. The van der Waals surface area contributed by atoms with Crippen LogP contribution in [0.3, 0.4) is 0 Å². The van der Waals surface area contributed by atoms with Crippen LogP contribution in [0.15, 0.2) is 46.6 Å². The van der Waals surface area contributed by atoms with Crippen LogP contribution in [-0.4, -0.2) is 30.2 Å². The predicted molar refractivity (Wildman–Crippen MR) is 126 cm³/mol. The molecule has 4 aromatic rings. The number of H-pyrrole nitrogens is 1. The summed E-state index contributed by atoms with van der Waals surface area (Å²) >= 11 is 1.44. The van der Waals surface area contributed by atoms with Gasteiger partial charge >= 0.3 is 0 Å². The molecule has 152 valence electrons. The fourth-order valence-electron chi connectivity index (χ4n) is 3.83. The second-order valence-corrected chi connectivity index (χ2v) is 7.93. The molecule has 0 aliphatic heterocycles. The van der Waals surface area contributed by atoms with Crippen LogP contribution in [0.2, 0.25) is 0 Å². The molecular weight excluding hydrogens is 406 g/mol. The van der Waals surface area contributed by atoms with E-state index >= 15 is 0 Å². The third kappa shape index (κ3) is 3.65. The zero-order valence-electron chi connectivity index (χ0n) is 16.4. The zero-order chi connectivity index (χ0) is 19.8. The number of nitrogens with one attached hydrogen (secondary N) is 1. The van der Waals surface area contributed by atoms with Gasteiger partial charge in [-0.25, -0.2) is 0 Å². The number of aromatic nitrogens is 1. The zero-order valence-corrected chi connectivity index (χ0v) is 18.0. The quantitative estimate of drug-likeness (QED) is 0.447. The largest absolute Gasteiger partial charge is 0.392 e. The molecule has 0 atom stereocenters. The number of likely N-dealkylation sites (N-methyl/N-ethyl adjacent to an activating group) is 1. The third-order valence-electron chi connectivity index (χ3n) is 5.22. The lowest BCUT2D eigenvalue weighted by molar-refractivity contribution is 0.282. The molecule has 2 heterocycles. The molecular formula is C22H24ClN3O2S. The Morgan fingerprint density at radius 2 is 1.93 bits per heavy atom. The standard InChI is InChI=1S/C22H23N3O2S.ClH/c1-13-11-15(12-26)18(14-3-5-16(6-4-14)25(2)9-8-23)19-17-7-10-28-21(17)22(27)24-20(13)19;/h3-7,10-11,26H,8-9,12,23H2,1-2H3,(H,24,27);1H. The number of hydrogen-bond donors (Lipinski definition) is 3. The third-order valence-corrected chi connectivity index (χ3v) is 6.13. The minimum atomic E-state index is -0.0675. The SMILES string of the molecule is Cc1cc(CO)c(-c2ccc(N(C)CCN)cc2)c2c1[nH]c(=O)c1sccc12.Cl. The Labute approximate surface area is 179 Å². The molecule has 0 aliphatic rings. The topological polar surface area (TPSA) is 82.3 Å². The Balaban J connectivity index is 0.00000240. The van der Waals surface area contributed by atoms with Gasteiger partial charge in [0, 0.05) is 36.6 Å². The van der Waals surface area contributed by atoms with E-state index in [-0.39, 0.29) is 24.6 Å². The number of nitrogens with two attached hydrogens (primary N) is 1. The van der Waals surface area contributed by atoms with Gasteiger partial charge in [-0.1, -0.05) is 18.2 Å². The number of aromatic amines is 1. The van der Waals surface area contributed by atoms with Crippen LogP contribution in [0.4, 0.5) is 5.69 Å². The number of aryl methyl sites for hydroxylation is 1. The summed E-state index contributed by atoms with van der Waals surface area (Å²) in [7, 11) is 2.02. The number of nitrogens with zero attached hydrogens (tertiary/aromatic N) is 1. The molecule has 0 radical (unpaired) electrons. The van der Waals surface area contributed by atoms with Gasteiger partial charge in [-0.2, -0.15) is 0 Å². The number of rotatable bonds is 5. The summed E-state index contributed by atoms with van der Waals surface area (Å²) in [5, 5.41) is 13.9. The van der Waals surface area contributed by atoms with Crippen LogP contribution >= 0.6 is 23.7 Å². The first-order valence-corrected chi connectivity index (χ1v) is 10.1. The average molecular weight is 430 g/mol. The summed E-state index contributed by atoms with van der Waals surface area (Å²) < 4.78 is 0.711. The smallest absolute Gasteiger partial charge is 0.266 e. The summed E-state index contributed by atoms with van der Waals surface area (Å²) in [6.07, 6.45) is 0. The second-order valence-electron chi connectivity index (χ2n) is 7.01. The van der Waals surface area contributed by atoms with Crippen LogP contribution in [0, 0.1) is 6.92 Å². The van der Waals surface area contributed by atoms with Crippen LogP contribution < -0.4 is 16.2 Å². The van der Waals surface area contributed by atoms with Gasteiger partial charge in [-0.3, -0.25) is 4.79 Å². The van der Waals surface area contributed by atoms with Gasteiger partial charge in [-0.05, 0) is 52.8 Å². The summed E-state index contributed by atoms with van der Waals surface area (Å²) in [4.78, 5) is 17.6. The number of aliphatic hydroxyl groups is 1. The number of benzene rings is 2. The van der Waals surface area contributed by atoms with Crippen LogP contribution in [0.25, 0.3) is 32.1 Å². The van der Waals surface area contributed by atoms with Gasteiger partial charge in [0.2, 0.25) is 0 Å². The van der Waals surface area contributed by atoms with Crippen molar-refractivity contribution in [3.63, 3.8) is 0 Å². The predicted octanol–water partition coefficient (Wildman–Crippen LogP) is 4.03. The van der Waals surface area contributed by atoms with E-state index < -0.39 is 0 Å². The van der Waals surface area contributed by atoms with Crippen LogP contribution in [0.1, 0.15) is 11.1 Å². The number of pyridine rings is 1. The maximum atomic E-state index is 12.5. The molecule has 29 heavy (non-hydrogen) atoms. The number of halogens is 1. The molecule has 0 bridgehead atoms. The Morgan fingerprint density at radius 1 is 1.21 bits per heavy atom. The monoisotopic (exact) mass is 429 g/mol. The first-order valence-electron chi connectivity index (χ1n) is 9.23. The fraction of sp³-hybridized carbons (Fsp3) is 0.227. The highest BCUT2D eigenvalue weighted by Crippen LogP contribution is 2.38. The van der Waals surface area contributed by atoms with Crippen LogP contribution in [0.5, 0.6) is 0 Å². The van der Waals surface area contributed by atoms with E-state index in [0.29, 0.717) is 11.2 Å². The summed E-state index contributed by atoms with van der Waals surface area (Å²) in [6, 6.07) is 12.2. The maximum Gasteiger partial charge on any atom is 0.266 e. The van der Waals surface area contributed by atoms with Gasteiger partial charge < -0.3 is 20.7 Å². The average Bonchev–Trinajstić information content (AvgIpc) is 3.19. The maximum absolute atomic E-state index is 12.5. The molecule has 0 spiro atoms. The summed E-state index contributed by atoms with van der Waals surface area (Å²) in [5.41, 5.74) is 11.3. The molecule has 0 amide bonds. The van der Waals surface area contributed by atoms with Crippen molar-refractivity contribution in [3.8, 4) is 11.1 Å². The Hall–Kier alpha value is -2.38. The highest BCUT2D eigenvalue weighted by atomic mass is 35.5. The van der Waals surface area contributed by atoms with E-state index in [4.69, 9.17) is 5.73 Å². The molecule has 2 aromatic carbocycles. The summed E-state index contributed by atoms with van der Waals surface area (Å²) in [5.74, 6) is 0. The lowest BCUT2D eigenvalue weighted by atomic mass is 9.91. The Kier molecular flexibility index (Phi) is 6.29. The van der Waals surface area contributed by atoms with Crippen molar-refractivity contribution in [3.05, 3.63) is 63.3 Å². The van der Waals surface area contributed by atoms with E-state index in [2.05, 4.69) is 34.1 Å². The normalized spacial score (nSPS) is 11.0. The van der Waals surface area contributed by atoms with Crippen LogP contribution in [-0.2, 0) is 6.61 Å². The molecule has 7 heteroatoms. The van der Waals surface area contributed by atoms with Gasteiger partial charge in [0.05, 0.1) is 12.1 Å². The van der Waals surface area contributed by atoms with Crippen molar-refractivity contribution in [1.29, 1.82) is 0 Å². The van der Waals surface area contributed by atoms with Gasteiger partial charge in [0.1, 0.15) is 4.70 Å². The van der Waals surface area contributed by atoms with E-state index in [1.165, 1.54) is 11.3 Å². The number of fused-ring (bicyclic) bond motifs is 3. The molecule has 4 rings (SSSR count). The lowest BCUT2D eigenvalue weighted by Crippen LogP contribution is -2.24. The number of thiophene rings is 1. The molecule has 0 aliphatic carbocycles. The van der Waals surface area contributed by atoms with Crippen molar-refractivity contribution in [2.75, 3.05) is 25.0 Å². The molecule has 5 nitrogen and oxygen atoms in total. The van der Waals surface area contributed by atoms with E-state index in [0.717, 1.165) is 50.8 Å². The number of hydrogen-bond acceptors (Lipinski definition) is 5. The minimum Gasteiger partial charge on any atom is -0.392 e. The van der Waals surface area contributed by atoms with Crippen molar-refractivity contribution in [2.45, 2.75) is 13.5 Å². The first-order chi connectivity index (χ1) is 13.5. The fourth-order valence-corrected chi connectivity index (χ4v) is 4.63. The second kappa shape index (κ2) is 8.55. The van der Waals surface area contributed by atoms with E-state index in [9.17, 15) is 9.90 Å². The number of anilines is 1. The molecule has 0 saturated carbocycles. The Bertz CT molecular complexity index is 1210. The van der Waals surface area contributed by atoms with Gasteiger partial charge in [0.25, 0.3) is 5.56 Å². The molecule has 0 saturated heterocycles. The molecule has 0 fully saturated rings. The molecule has 2 aromatic heterocycles. The first kappa shape index (κ1) is 21.3. The Morgan fingerprint density at radius 3 is 2.59 bits per heavy atom. The lowest BCUT2D eigenvalue weighted by Gasteiger charge is -2.19. The highest BCUT2D eigenvalue weighted by Gasteiger charge is 2.17. The van der Waals surface area contributed by atoms with Crippen molar-refractivity contribution >= 4 is 50.4 Å². The van der Waals surface area contributed by atoms with Crippen molar-refractivity contribution in [1.82, 2.24) is 4.98 Å². The van der Waals surface area contributed by atoms with Gasteiger partial charge in [0.15, 0.2) is 0 Å². The highest BCUT2D eigenvalue weighted by molar-refractivity contribution is 7.17. The molecule has 4 N–H and O–H groups in total. The van der Waals surface area contributed by atoms with Gasteiger partial charge in [-0.15, -0.1) is 23.7 Å². The minimum absolute atomic E-state index is 0. The van der Waals surface area contributed by atoms with Crippen molar-refractivity contribution in [2.24, 2.45) is 5.73 Å². The number of aliphatic hydroxyl groups excluding tert-OH is 1.